The summed E-state index contributed by atoms with van der Waals surface area (Å²) < 4.78 is 27.4. The number of fused-ring (bicyclic) bond motifs is 1. The molecular formula is C35H33N3O8S. The molecule has 1 aliphatic heterocycles. The topological polar surface area (TPSA) is 133 Å². The van der Waals surface area contributed by atoms with Crippen molar-refractivity contribution in [3.05, 3.63) is 102 Å². The van der Waals surface area contributed by atoms with Crippen LogP contribution >= 0.6 is 11.8 Å². The minimum atomic E-state index is -0.568. The summed E-state index contributed by atoms with van der Waals surface area (Å²) in [4.78, 5) is 40.2. The molecule has 4 aromatic carbocycles. The quantitative estimate of drug-likeness (QED) is 0.131. The second kappa shape index (κ2) is 15.6. The summed E-state index contributed by atoms with van der Waals surface area (Å²) in [6.07, 6.45) is 1.52. The molecule has 0 fully saturated rings. The SMILES string of the molecule is COc1cc(/C=C(/NC(=O)c2ccccc2)C(=O)Nc2cccc(SCC(=O)Nc3ccc4c(c3)OCCO4)c2)cc(OC)c1OC. The smallest absolute Gasteiger partial charge is 0.272 e. The van der Waals surface area contributed by atoms with E-state index in [0.29, 0.717) is 64.5 Å². The van der Waals surface area contributed by atoms with Gasteiger partial charge in [-0.2, -0.15) is 0 Å². The summed E-state index contributed by atoms with van der Waals surface area (Å²) in [5.41, 5.74) is 1.95. The summed E-state index contributed by atoms with van der Waals surface area (Å²) >= 11 is 1.31. The number of amides is 3. The average Bonchev–Trinajstić information content (AvgIpc) is 3.10. The summed E-state index contributed by atoms with van der Waals surface area (Å²) in [6.45, 7) is 0.941. The van der Waals surface area contributed by atoms with Crippen molar-refractivity contribution >= 4 is 46.9 Å². The highest BCUT2D eigenvalue weighted by Crippen LogP contribution is 2.39. The monoisotopic (exact) mass is 655 g/mol. The maximum atomic E-state index is 13.6. The first-order valence-electron chi connectivity index (χ1n) is 14.5. The lowest BCUT2D eigenvalue weighted by Gasteiger charge is -2.19. The van der Waals surface area contributed by atoms with Gasteiger partial charge in [0.05, 0.1) is 27.1 Å². The molecule has 0 atom stereocenters. The van der Waals surface area contributed by atoms with Crippen molar-refractivity contribution in [2.45, 2.75) is 4.90 Å². The largest absolute Gasteiger partial charge is 0.493 e. The van der Waals surface area contributed by atoms with Gasteiger partial charge >= 0.3 is 0 Å². The first-order valence-corrected chi connectivity index (χ1v) is 15.5. The number of methoxy groups -OCH3 is 3. The predicted octanol–water partition coefficient (Wildman–Crippen LogP) is 5.62. The molecule has 0 radical (unpaired) electrons. The average molecular weight is 656 g/mol. The zero-order valence-electron chi connectivity index (χ0n) is 26.0. The summed E-state index contributed by atoms with van der Waals surface area (Å²) in [5.74, 6) is 1.28. The van der Waals surface area contributed by atoms with Gasteiger partial charge in [0.2, 0.25) is 11.7 Å². The molecule has 0 unspecified atom stereocenters. The molecule has 0 saturated carbocycles. The van der Waals surface area contributed by atoms with Crippen LogP contribution in [0, 0.1) is 0 Å². The van der Waals surface area contributed by atoms with E-state index in [2.05, 4.69) is 16.0 Å². The van der Waals surface area contributed by atoms with E-state index < -0.39 is 11.8 Å². The van der Waals surface area contributed by atoms with Crippen molar-refractivity contribution in [1.29, 1.82) is 0 Å². The molecule has 11 nitrogen and oxygen atoms in total. The highest BCUT2D eigenvalue weighted by Gasteiger charge is 2.18. The van der Waals surface area contributed by atoms with Crippen LogP contribution < -0.4 is 39.6 Å². The Morgan fingerprint density at radius 3 is 2.17 bits per heavy atom. The van der Waals surface area contributed by atoms with Crippen molar-refractivity contribution in [2.75, 3.05) is 50.9 Å². The number of nitrogens with one attached hydrogen (secondary N) is 3. The second-order valence-corrected chi connectivity index (χ2v) is 11.1. The van der Waals surface area contributed by atoms with Crippen LogP contribution in [0.25, 0.3) is 6.08 Å². The van der Waals surface area contributed by atoms with Crippen LogP contribution in [0.3, 0.4) is 0 Å². The number of carbonyl (C=O) groups is 3. The zero-order chi connectivity index (χ0) is 33.2. The maximum absolute atomic E-state index is 13.6. The second-order valence-electron chi connectivity index (χ2n) is 10.0. The number of hydrogen-bond donors (Lipinski definition) is 3. The fraction of sp³-hybridized carbons (Fsp3) is 0.171. The first-order chi connectivity index (χ1) is 22.9. The molecule has 1 heterocycles. The molecule has 0 saturated heterocycles. The van der Waals surface area contributed by atoms with E-state index in [4.69, 9.17) is 23.7 Å². The van der Waals surface area contributed by atoms with Crippen molar-refractivity contribution in [2.24, 2.45) is 0 Å². The third-order valence-corrected chi connectivity index (χ3v) is 7.81. The Labute approximate surface area is 276 Å². The van der Waals surface area contributed by atoms with Gasteiger partial charge in [0, 0.05) is 27.9 Å². The number of anilines is 2. The number of hydrogen-bond acceptors (Lipinski definition) is 9. The van der Waals surface area contributed by atoms with Gasteiger partial charge in [-0.25, -0.2) is 0 Å². The molecule has 47 heavy (non-hydrogen) atoms. The third kappa shape index (κ3) is 8.56. The number of benzene rings is 4. The lowest BCUT2D eigenvalue weighted by molar-refractivity contribution is -0.114. The molecule has 0 aromatic heterocycles. The van der Waals surface area contributed by atoms with E-state index in [0.717, 1.165) is 4.90 Å². The highest BCUT2D eigenvalue weighted by atomic mass is 32.2. The van der Waals surface area contributed by atoms with Crippen molar-refractivity contribution in [3.8, 4) is 28.7 Å². The molecule has 0 spiro atoms. The molecule has 242 valence electrons. The van der Waals surface area contributed by atoms with Crippen LogP contribution in [0.5, 0.6) is 28.7 Å². The normalized spacial score (nSPS) is 12.0. The van der Waals surface area contributed by atoms with Crippen LogP contribution in [0.4, 0.5) is 11.4 Å². The van der Waals surface area contributed by atoms with Crippen molar-refractivity contribution < 1.29 is 38.1 Å². The van der Waals surface area contributed by atoms with Gasteiger partial charge < -0.3 is 39.6 Å². The molecule has 4 aromatic rings. The molecule has 12 heteroatoms. The van der Waals surface area contributed by atoms with Gasteiger partial charge in [0.25, 0.3) is 11.8 Å². The number of rotatable bonds is 12. The van der Waals surface area contributed by atoms with Crippen LogP contribution in [-0.2, 0) is 9.59 Å². The fourth-order valence-electron chi connectivity index (χ4n) is 4.62. The Bertz CT molecular complexity index is 1770. The van der Waals surface area contributed by atoms with Gasteiger partial charge in [0.15, 0.2) is 23.0 Å². The van der Waals surface area contributed by atoms with Crippen LogP contribution in [0.15, 0.2) is 95.5 Å². The van der Waals surface area contributed by atoms with E-state index >= 15 is 0 Å². The van der Waals surface area contributed by atoms with Gasteiger partial charge in [-0.3, -0.25) is 14.4 Å². The molecule has 3 amide bonds. The maximum Gasteiger partial charge on any atom is 0.272 e. The Hall–Kier alpha value is -5.62. The molecule has 3 N–H and O–H groups in total. The van der Waals surface area contributed by atoms with Crippen LogP contribution in [0.2, 0.25) is 0 Å². The molecule has 0 bridgehead atoms. The standard InChI is InChI=1S/C35H33N3O8S/c1-42-30-17-22(18-31(43-2)33(30)44-3)16-27(38-34(40)23-8-5-4-6-9-23)35(41)37-24-10-7-11-26(19-24)47-21-32(39)36-25-12-13-28-29(20-25)46-15-14-45-28/h4-13,16-20H,14-15,21H2,1-3H3,(H,36,39)(H,37,41)(H,38,40)/b27-16+. The molecule has 5 rings (SSSR count). The summed E-state index contributed by atoms with van der Waals surface area (Å²) in [6, 6.07) is 24.2. The minimum absolute atomic E-state index is 0.0232. The Morgan fingerprint density at radius 2 is 1.47 bits per heavy atom. The van der Waals surface area contributed by atoms with E-state index in [1.807, 2.05) is 6.07 Å². The first kappa shape index (κ1) is 32.8. The molecular weight excluding hydrogens is 622 g/mol. The van der Waals surface area contributed by atoms with Crippen molar-refractivity contribution in [1.82, 2.24) is 5.32 Å². The van der Waals surface area contributed by atoms with Crippen LogP contribution in [-0.4, -0.2) is 58.0 Å². The predicted molar refractivity (Wildman–Crippen MR) is 180 cm³/mol. The Balaban J connectivity index is 1.31. The van der Waals surface area contributed by atoms with Crippen LogP contribution in [0.1, 0.15) is 15.9 Å². The van der Waals surface area contributed by atoms with Gasteiger partial charge in [-0.05, 0) is 66.2 Å². The van der Waals surface area contributed by atoms with E-state index in [1.54, 1.807) is 78.9 Å². The van der Waals surface area contributed by atoms with Gasteiger partial charge in [0.1, 0.15) is 18.9 Å². The Kier molecular flexibility index (Phi) is 10.9. The number of thioether (sulfide) groups is 1. The number of ether oxygens (including phenoxy) is 5. The van der Waals surface area contributed by atoms with E-state index in [-0.39, 0.29) is 17.4 Å². The van der Waals surface area contributed by atoms with E-state index in [1.165, 1.54) is 39.2 Å². The third-order valence-electron chi connectivity index (χ3n) is 6.81. The number of carbonyl (C=O) groups excluding carboxylic acids is 3. The fourth-order valence-corrected chi connectivity index (χ4v) is 5.38. The Morgan fingerprint density at radius 1 is 0.766 bits per heavy atom. The lowest BCUT2D eigenvalue weighted by atomic mass is 10.1. The molecule has 1 aliphatic rings. The van der Waals surface area contributed by atoms with Gasteiger partial charge in [-0.15, -0.1) is 11.8 Å². The van der Waals surface area contributed by atoms with Gasteiger partial charge in [-0.1, -0.05) is 24.3 Å². The summed E-state index contributed by atoms with van der Waals surface area (Å²) in [7, 11) is 4.47. The minimum Gasteiger partial charge on any atom is -0.493 e. The summed E-state index contributed by atoms with van der Waals surface area (Å²) in [5, 5.41) is 8.44. The van der Waals surface area contributed by atoms with Crippen molar-refractivity contribution in [3.63, 3.8) is 0 Å². The highest BCUT2D eigenvalue weighted by molar-refractivity contribution is 8.00. The zero-order valence-corrected chi connectivity index (χ0v) is 26.8. The lowest BCUT2D eigenvalue weighted by Crippen LogP contribution is -2.30. The molecule has 0 aliphatic carbocycles. The van der Waals surface area contributed by atoms with E-state index in [9.17, 15) is 14.4 Å².